The predicted molar refractivity (Wildman–Crippen MR) is 50.1 cm³/mol. The first-order valence-electron chi connectivity index (χ1n) is 4.11. The lowest BCUT2D eigenvalue weighted by atomic mass is 10.1. The molecule has 3 nitrogen and oxygen atoms in total. The van der Waals surface area contributed by atoms with Crippen LogP contribution in [0.15, 0.2) is 24.3 Å². The van der Waals surface area contributed by atoms with Crippen LogP contribution < -0.4 is 0 Å². The number of carbonyl (C=O) groups is 1. The second-order valence-electron chi connectivity index (χ2n) is 3.04. The zero-order valence-corrected chi connectivity index (χ0v) is 7.25. The van der Waals surface area contributed by atoms with Crippen LogP contribution in [0.4, 0.5) is 4.39 Å². The Labute approximate surface area is 79.2 Å². The van der Waals surface area contributed by atoms with Gasteiger partial charge in [0.1, 0.15) is 6.67 Å². The summed E-state index contributed by atoms with van der Waals surface area (Å²) in [6.07, 6.45) is 0. The first kappa shape index (κ1) is 8.74. The molecule has 0 amide bonds. The van der Waals surface area contributed by atoms with Crippen molar-refractivity contribution >= 4 is 16.9 Å². The van der Waals surface area contributed by atoms with Gasteiger partial charge in [-0.15, -0.1) is 0 Å². The molecule has 0 aliphatic rings. The van der Waals surface area contributed by atoms with E-state index in [9.17, 15) is 9.18 Å². The number of hydrogen-bond acceptors (Lipinski definition) is 1. The van der Waals surface area contributed by atoms with Crippen molar-refractivity contribution in [1.29, 1.82) is 0 Å². The van der Waals surface area contributed by atoms with E-state index >= 15 is 0 Å². The van der Waals surface area contributed by atoms with E-state index in [1.54, 1.807) is 12.1 Å². The highest BCUT2D eigenvalue weighted by Gasteiger charge is 2.05. The van der Waals surface area contributed by atoms with Crippen LogP contribution in [0.5, 0.6) is 0 Å². The largest absolute Gasteiger partial charge is 0.478 e. The second kappa shape index (κ2) is 3.14. The number of aromatic nitrogens is 1. The van der Waals surface area contributed by atoms with Gasteiger partial charge >= 0.3 is 5.97 Å². The summed E-state index contributed by atoms with van der Waals surface area (Å²) in [5, 5.41) is 9.44. The van der Waals surface area contributed by atoms with Gasteiger partial charge in [-0.05, 0) is 24.3 Å². The minimum absolute atomic E-state index is 0.210. The highest BCUT2D eigenvalue weighted by atomic mass is 19.1. The normalized spacial score (nSPS) is 10.6. The molecule has 2 aromatic rings. The fourth-order valence-electron chi connectivity index (χ4n) is 1.40. The third-order valence-corrected chi connectivity index (χ3v) is 2.07. The van der Waals surface area contributed by atoms with E-state index in [1.165, 1.54) is 12.1 Å². The van der Waals surface area contributed by atoms with Gasteiger partial charge in [-0.25, -0.2) is 9.18 Å². The summed E-state index contributed by atoms with van der Waals surface area (Å²) in [7, 11) is 0. The highest BCUT2D eigenvalue weighted by molar-refractivity contribution is 5.93. The summed E-state index contributed by atoms with van der Waals surface area (Å²) < 4.78 is 12.3. The van der Waals surface area contributed by atoms with E-state index in [0.717, 1.165) is 10.9 Å². The zero-order chi connectivity index (χ0) is 10.1. The SMILES string of the molecule is O=C(O)c1ccc2[nH]c(CF)cc2c1. The van der Waals surface area contributed by atoms with Gasteiger partial charge in [0.25, 0.3) is 0 Å². The lowest BCUT2D eigenvalue weighted by Gasteiger charge is -1.93. The fraction of sp³-hybridized carbons (Fsp3) is 0.100. The number of benzene rings is 1. The number of aromatic carboxylic acids is 1. The van der Waals surface area contributed by atoms with Crippen LogP contribution in [0.2, 0.25) is 0 Å². The standard InChI is InChI=1S/C10H8FNO2/c11-5-8-4-7-3-6(10(13)14)1-2-9(7)12-8/h1-4,12H,5H2,(H,13,14). The molecule has 0 bridgehead atoms. The first-order valence-corrected chi connectivity index (χ1v) is 4.11. The number of aromatic amines is 1. The molecule has 0 saturated heterocycles. The third-order valence-electron chi connectivity index (χ3n) is 2.07. The molecule has 2 rings (SSSR count). The molecule has 0 unspecified atom stereocenters. The van der Waals surface area contributed by atoms with E-state index in [-0.39, 0.29) is 5.56 Å². The van der Waals surface area contributed by atoms with Gasteiger partial charge < -0.3 is 10.1 Å². The molecule has 1 heterocycles. The summed E-state index contributed by atoms with van der Waals surface area (Å²) in [5.74, 6) is -0.977. The molecule has 4 heteroatoms. The van der Waals surface area contributed by atoms with E-state index < -0.39 is 12.6 Å². The lowest BCUT2D eigenvalue weighted by Crippen LogP contribution is -1.94. The number of nitrogens with one attached hydrogen (secondary N) is 1. The van der Waals surface area contributed by atoms with Crippen LogP contribution in [0.3, 0.4) is 0 Å². The molecule has 0 saturated carbocycles. The smallest absolute Gasteiger partial charge is 0.335 e. The Morgan fingerprint density at radius 1 is 1.43 bits per heavy atom. The molecular formula is C10H8FNO2. The van der Waals surface area contributed by atoms with Crippen LogP contribution in [0.25, 0.3) is 10.9 Å². The molecule has 0 radical (unpaired) electrons. The van der Waals surface area contributed by atoms with Gasteiger partial charge in [0.2, 0.25) is 0 Å². The number of carboxylic acids is 1. The van der Waals surface area contributed by atoms with Crippen LogP contribution in [0.1, 0.15) is 16.1 Å². The van der Waals surface area contributed by atoms with Crippen molar-refractivity contribution in [2.24, 2.45) is 0 Å². The molecule has 2 N–H and O–H groups in total. The minimum Gasteiger partial charge on any atom is -0.478 e. The third kappa shape index (κ3) is 1.35. The Morgan fingerprint density at radius 3 is 2.86 bits per heavy atom. The van der Waals surface area contributed by atoms with Crippen LogP contribution in [0, 0.1) is 0 Å². The second-order valence-corrected chi connectivity index (χ2v) is 3.04. The van der Waals surface area contributed by atoms with Crippen molar-refractivity contribution in [1.82, 2.24) is 4.98 Å². The van der Waals surface area contributed by atoms with Gasteiger partial charge in [-0.1, -0.05) is 0 Å². The molecule has 1 aromatic carbocycles. The maximum Gasteiger partial charge on any atom is 0.335 e. The van der Waals surface area contributed by atoms with Gasteiger partial charge in [0.05, 0.1) is 5.56 Å². The van der Waals surface area contributed by atoms with Crippen molar-refractivity contribution in [2.75, 3.05) is 0 Å². The van der Waals surface area contributed by atoms with Gasteiger partial charge in [0, 0.05) is 16.6 Å². The summed E-state index contributed by atoms with van der Waals surface area (Å²) in [6.45, 7) is -0.572. The van der Waals surface area contributed by atoms with E-state index in [4.69, 9.17) is 5.11 Å². The summed E-state index contributed by atoms with van der Waals surface area (Å²) in [5.41, 5.74) is 1.42. The Hall–Kier alpha value is -1.84. The summed E-state index contributed by atoms with van der Waals surface area (Å²) >= 11 is 0. The van der Waals surface area contributed by atoms with E-state index in [2.05, 4.69) is 4.98 Å². The fourth-order valence-corrected chi connectivity index (χ4v) is 1.40. The van der Waals surface area contributed by atoms with Crippen molar-refractivity contribution in [2.45, 2.75) is 6.67 Å². The molecule has 0 aliphatic heterocycles. The molecule has 14 heavy (non-hydrogen) atoms. The number of rotatable bonds is 2. The number of hydrogen-bond donors (Lipinski definition) is 2. The molecule has 72 valence electrons. The van der Waals surface area contributed by atoms with E-state index in [1.807, 2.05) is 0 Å². The Bertz CT molecular complexity index is 490. The quantitative estimate of drug-likeness (QED) is 0.769. The molecule has 0 atom stereocenters. The molecule has 0 fully saturated rings. The number of halogens is 1. The van der Waals surface area contributed by atoms with Gasteiger partial charge in [0.15, 0.2) is 0 Å². The molecular weight excluding hydrogens is 185 g/mol. The topological polar surface area (TPSA) is 53.1 Å². The monoisotopic (exact) mass is 193 g/mol. The Morgan fingerprint density at radius 2 is 2.21 bits per heavy atom. The molecule has 1 aromatic heterocycles. The Kier molecular flexibility index (Phi) is 1.96. The number of H-pyrrole nitrogens is 1. The maximum atomic E-state index is 12.3. The number of alkyl halides is 1. The number of fused-ring (bicyclic) bond motifs is 1. The van der Waals surface area contributed by atoms with Crippen molar-refractivity contribution in [3.8, 4) is 0 Å². The predicted octanol–water partition coefficient (Wildman–Crippen LogP) is 2.34. The van der Waals surface area contributed by atoms with E-state index in [0.29, 0.717) is 5.69 Å². The van der Waals surface area contributed by atoms with Crippen molar-refractivity contribution in [3.05, 3.63) is 35.5 Å². The van der Waals surface area contributed by atoms with Gasteiger partial charge in [-0.3, -0.25) is 0 Å². The number of carboxylic acid groups (broad SMARTS) is 1. The van der Waals surface area contributed by atoms with Crippen molar-refractivity contribution < 1.29 is 14.3 Å². The first-order chi connectivity index (χ1) is 6.70. The van der Waals surface area contributed by atoms with Gasteiger partial charge in [-0.2, -0.15) is 0 Å². The van der Waals surface area contributed by atoms with Crippen LogP contribution >= 0.6 is 0 Å². The zero-order valence-electron chi connectivity index (χ0n) is 7.25. The van der Waals surface area contributed by atoms with Crippen LogP contribution in [-0.4, -0.2) is 16.1 Å². The minimum atomic E-state index is -0.977. The summed E-state index contributed by atoms with van der Waals surface area (Å²) in [6, 6.07) is 6.26. The summed E-state index contributed by atoms with van der Waals surface area (Å²) in [4.78, 5) is 13.5. The molecule has 0 aliphatic carbocycles. The highest BCUT2D eigenvalue weighted by Crippen LogP contribution is 2.17. The van der Waals surface area contributed by atoms with Crippen LogP contribution in [-0.2, 0) is 6.67 Å². The maximum absolute atomic E-state index is 12.3. The molecule has 0 spiro atoms. The average Bonchev–Trinajstić information content (AvgIpc) is 2.58. The average molecular weight is 193 g/mol. The lowest BCUT2D eigenvalue weighted by molar-refractivity contribution is 0.0697. The van der Waals surface area contributed by atoms with Crippen molar-refractivity contribution in [3.63, 3.8) is 0 Å². The Balaban J connectivity index is 2.59.